The van der Waals surface area contributed by atoms with E-state index in [1.54, 1.807) is 24.3 Å². The summed E-state index contributed by atoms with van der Waals surface area (Å²) >= 11 is 0. The molecule has 1 aromatic rings. The van der Waals surface area contributed by atoms with Crippen LogP contribution in [0.15, 0.2) is 34.3 Å². The Bertz CT molecular complexity index is 751. The molecule has 1 aliphatic rings. The van der Waals surface area contributed by atoms with Gasteiger partial charge in [-0.2, -0.15) is 5.10 Å². The predicted octanol–water partition coefficient (Wildman–Crippen LogP) is 1.62. The first-order chi connectivity index (χ1) is 10.3. The van der Waals surface area contributed by atoms with E-state index in [1.165, 1.54) is 13.2 Å². The van der Waals surface area contributed by atoms with Crippen molar-refractivity contribution in [3.8, 4) is 5.75 Å². The second kappa shape index (κ2) is 6.31. The van der Waals surface area contributed by atoms with Crippen LogP contribution < -0.4 is 10.2 Å². The number of allylic oxidation sites excluding steroid dienone is 1. The zero-order valence-corrected chi connectivity index (χ0v) is 13.5. The number of nitrogens with one attached hydrogen (secondary N) is 1. The molecule has 0 aromatic heterocycles. The van der Waals surface area contributed by atoms with Gasteiger partial charge in [0, 0.05) is 18.6 Å². The second-order valence-corrected chi connectivity index (χ2v) is 7.24. The fourth-order valence-corrected chi connectivity index (χ4v) is 2.75. The van der Waals surface area contributed by atoms with E-state index in [9.17, 15) is 13.2 Å². The first-order valence-electron chi connectivity index (χ1n) is 6.73. The van der Waals surface area contributed by atoms with Crippen molar-refractivity contribution in [3.05, 3.63) is 29.8 Å². The number of rotatable bonds is 4. The molecule has 1 unspecified atom stereocenters. The van der Waals surface area contributed by atoms with Crippen molar-refractivity contribution in [3.63, 3.8) is 0 Å². The molecule has 1 N–H and O–H groups in total. The molecule has 0 radical (unpaired) electrons. The molecule has 6 nitrogen and oxygen atoms in total. The largest absolute Gasteiger partial charge is 0.497 e. The minimum atomic E-state index is -3.32. The van der Waals surface area contributed by atoms with Crippen molar-refractivity contribution in [2.45, 2.75) is 18.2 Å². The molecule has 0 bridgehead atoms. The van der Waals surface area contributed by atoms with Gasteiger partial charge in [0.25, 0.3) is 0 Å². The number of nitrogens with zero attached hydrogens (tertiary/aromatic N) is 1. The third-order valence-electron chi connectivity index (χ3n) is 3.32. The average molecular weight is 322 g/mol. The zero-order valence-electron chi connectivity index (χ0n) is 12.7. The number of sulfone groups is 1. The maximum Gasteiger partial charge on any atom is 0.240 e. The first-order valence-corrected chi connectivity index (χ1v) is 8.62. The van der Waals surface area contributed by atoms with E-state index in [1.807, 2.05) is 6.92 Å². The van der Waals surface area contributed by atoms with Crippen LogP contribution >= 0.6 is 0 Å². The maximum atomic E-state index is 11.7. The number of methoxy groups -OCH3 is 1. The highest BCUT2D eigenvalue weighted by Gasteiger charge is 2.18. The molecule has 0 saturated heterocycles. The van der Waals surface area contributed by atoms with Gasteiger partial charge in [-0.25, -0.2) is 13.8 Å². The quantitative estimate of drug-likeness (QED) is 0.913. The van der Waals surface area contributed by atoms with Crippen LogP contribution in [0.5, 0.6) is 5.75 Å². The number of hydrogen-bond donors (Lipinski definition) is 1. The van der Waals surface area contributed by atoms with Crippen molar-refractivity contribution in [2.75, 3.05) is 13.4 Å². The Kier molecular flexibility index (Phi) is 4.65. The summed E-state index contributed by atoms with van der Waals surface area (Å²) in [6, 6.07) is 4.78. The first kappa shape index (κ1) is 16.2. The minimum absolute atomic E-state index is 0.0185. The molecule has 7 heteroatoms. The van der Waals surface area contributed by atoms with Gasteiger partial charge in [0.1, 0.15) is 5.75 Å². The molecule has 1 amide bonds. The van der Waals surface area contributed by atoms with Gasteiger partial charge in [-0.3, -0.25) is 4.79 Å². The number of ether oxygens (including phenoxy) is 1. The standard InChI is InChI=1S/C15H18N2O4S/c1-10-6-15(18)17-16-14(10)5-4-11-7-12(21-2)9-13(8-11)22(3,19)20/h4-5,7-10H,6H2,1-3H3,(H,17,18). The topological polar surface area (TPSA) is 84.8 Å². The van der Waals surface area contributed by atoms with E-state index in [0.717, 1.165) is 12.0 Å². The van der Waals surface area contributed by atoms with E-state index < -0.39 is 9.84 Å². The number of carbonyl (C=O) groups is 1. The molecule has 1 heterocycles. The molecule has 0 aliphatic carbocycles. The number of hydrogen-bond acceptors (Lipinski definition) is 5. The van der Waals surface area contributed by atoms with E-state index in [-0.39, 0.29) is 16.7 Å². The lowest BCUT2D eigenvalue weighted by Crippen LogP contribution is -2.30. The number of hydrazone groups is 1. The summed E-state index contributed by atoms with van der Waals surface area (Å²) in [6.07, 6.45) is 5.06. The summed E-state index contributed by atoms with van der Waals surface area (Å²) < 4.78 is 28.5. The van der Waals surface area contributed by atoms with E-state index in [2.05, 4.69) is 10.5 Å². The summed E-state index contributed by atoms with van der Waals surface area (Å²) in [5.41, 5.74) is 3.86. The minimum Gasteiger partial charge on any atom is -0.497 e. The summed E-state index contributed by atoms with van der Waals surface area (Å²) in [5.74, 6) is 0.380. The lowest BCUT2D eigenvalue weighted by molar-refractivity contribution is -0.121. The lowest BCUT2D eigenvalue weighted by atomic mass is 9.99. The molecule has 0 spiro atoms. The molecule has 1 aromatic carbocycles. The van der Waals surface area contributed by atoms with Gasteiger partial charge >= 0.3 is 0 Å². The van der Waals surface area contributed by atoms with Crippen molar-refractivity contribution >= 4 is 27.5 Å². The van der Waals surface area contributed by atoms with Crippen molar-refractivity contribution in [2.24, 2.45) is 11.0 Å². The van der Waals surface area contributed by atoms with E-state index >= 15 is 0 Å². The normalized spacial score (nSPS) is 19.0. The Morgan fingerprint density at radius 2 is 2.05 bits per heavy atom. The maximum absolute atomic E-state index is 11.7. The van der Waals surface area contributed by atoms with Gasteiger partial charge in [-0.05, 0) is 29.8 Å². The second-order valence-electron chi connectivity index (χ2n) is 5.22. The van der Waals surface area contributed by atoms with Crippen LogP contribution in [-0.2, 0) is 14.6 Å². The fourth-order valence-electron chi connectivity index (χ4n) is 2.07. The van der Waals surface area contributed by atoms with E-state index in [4.69, 9.17) is 4.74 Å². The average Bonchev–Trinajstić information content (AvgIpc) is 2.45. The van der Waals surface area contributed by atoms with Gasteiger partial charge in [0.05, 0.1) is 17.7 Å². The Morgan fingerprint density at radius 3 is 2.64 bits per heavy atom. The van der Waals surface area contributed by atoms with Crippen molar-refractivity contribution in [1.29, 1.82) is 0 Å². The Hall–Kier alpha value is -2.15. The highest BCUT2D eigenvalue weighted by atomic mass is 32.2. The molecular weight excluding hydrogens is 304 g/mol. The third kappa shape index (κ3) is 3.94. The van der Waals surface area contributed by atoms with Gasteiger partial charge in [-0.1, -0.05) is 13.0 Å². The molecule has 1 aliphatic heterocycles. The molecule has 2 rings (SSSR count). The van der Waals surface area contributed by atoms with E-state index in [0.29, 0.717) is 17.7 Å². The van der Waals surface area contributed by atoms with Crippen LogP contribution in [0, 0.1) is 5.92 Å². The van der Waals surface area contributed by atoms with Crippen molar-refractivity contribution in [1.82, 2.24) is 5.43 Å². The molecule has 0 fully saturated rings. The molecular formula is C15H18N2O4S. The third-order valence-corrected chi connectivity index (χ3v) is 4.41. The van der Waals surface area contributed by atoms with Gasteiger partial charge in [0.2, 0.25) is 5.91 Å². The number of carbonyl (C=O) groups excluding carboxylic acids is 1. The smallest absolute Gasteiger partial charge is 0.240 e. The van der Waals surface area contributed by atoms with Crippen LogP contribution in [0.25, 0.3) is 6.08 Å². The summed E-state index contributed by atoms with van der Waals surface area (Å²) in [6.45, 7) is 1.91. The van der Waals surface area contributed by atoms with Crippen LogP contribution in [-0.4, -0.2) is 33.4 Å². The van der Waals surface area contributed by atoms with Crippen molar-refractivity contribution < 1.29 is 17.9 Å². The Balaban J connectivity index is 2.33. The lowest BCUT2D eigenvalue weighted by Gasteiger charge is -2.16. The number of amides is 1. The number of benzene rings is 1. The summed E-state index contributed by atoms with van der Waals surface area (Å²) in [5, 5.41) is 4.00. The molecule has 0 saturated carbocycles. The van der Waals surface area contributed by atoms with Gasteiger partial charge < -0.3 is 4.74 Å². The Labute approximate surface area is 129 Å². The highest BCUT2D eigenvalue weighted by molar-refractivity contribution is 7.90. The monoisotopic (exact) mass is 322 g/mol. The SMILES string of the molecule is COc1cc(C=CC2=NNC(=O)CC2C)cc(S(C)(=O)=O)c1. The Morgan fingerprint density at radius 1 is 1.32 bits per heavy atom. The predicted molar refractivity (Wildman–Crippen MR) is 84.5 cm³/mol. The van der Waals surface area contributed by atoms with Crippen LogP contribution in [0.2, 0.25) is 0 Å². The molecule has 118 valence electrons. The molecule has 22 heavy (non-hydrogen) atoms. The zero-order chi connectivity index (χ0) is 16.3. The highest BCUT2D eigenvalue weighted by Crippen LogP contribution is 2.22. The summed E-state index contributed by atoms with van der Waals surface area (Å²) in [7, 11) is -1.84. The fraction of sp³-hybridized carbons (Fsp3) is 0.333. The summed E-state index contributed by atoms with van der Waals surface area (Å²) in [4.78, 5) is 11.4. The van der Waals surface area contributed by atoms with Crippen LogP contribution in [0.1, 0.15) is 18.9 Å². The van der Waals surface area contributed by atoms with Gasteiger partial charge in [0.15, 0.2) is 9.84 Å². The van der Waals surface area contributed by atoms with Crippen LogP contribution in [0.3, 0.4) is 0 Å². The van der Waals surface area contributed by atoms with Gasteiger partial charge in [-0.15, -0.1) is 0 Å². The van der Waals surface area contributed by atoms with Crippen LogP contribution in [0.4, 0.5) is 0 Å². The molecule has 1 atom stereocenters.